The highest BCUT2D eigenvalue weighted by atomic mass is 19.1. The molecular formula is C13H19FN2O6. The van der Waals surface area contributed by atoms with Crippen LogP contribution < -0.4 is 11.2 Å². The SMILES string of the molecule is Cc1cn(C(F)C(O)CC(=O)COC(C)(C)O)c(=O)[nH]c1=O. The first-order chi connectivity index (χ1) is 10.0. The Balaban J connectivity index is 2.75. The van der Waals surface area contributed by atoms with Crippen molar-refractivity contribution < 1.29 is 24.1 Å². The Bertz CT molecular complexity index is 645. The Morgan fingerprint density at radius 2 is 2.09 bits per heavy atom. The van der Waals surface area contributed by atoms with Gasteiger partial charge in [0.25, 0.3) is 5.56 Å². The largest absolute Gasteiger partial charge is 0.388 e. The number of aryl methyl sites for hydroxylation is 1. The smallest absolute Gasteiger partial charge is 0.330 e. The molecule has 9 heteroatoms. The summed E-state index contributed by atoms with van der Waals surface area (Å²) in [6, 6.07) is 0. The quantitative estimate of drug-likeness (QED) is 0.576. The van der Waals surface area contributed by atoms with E-state index in [0.29, 0.717) is 4.57 Å². The number of aromatic amines is 1. The van der Waals surface area contributed by atoms with Gasteiger partial charge >= 0.3 is 5.69 Å². The van der Waals surface area contributed by atoms with Gasteiger partial charge in [-0.3, -0.25) is 19.1 Å². The van der Waals surface area contributed by atoms with Gasteiger partial charge in [-0.15, -0.1) is 0 Å². The van der Waals surface area contributed by atoms with Gasteiger partial charge in [-0.2, -0.15) is 0 Å². The molecule has 0 saturated carbocycles. The second-order valence-electron chi connectivity index (χ2n) is 5.40. The number of carbonyl (C=O) groups excluding carboxylic acids is 1. The monoisotopic (exact) mass is 318 g/mol. The van der Waals surface area contributed by atoms with Gasteiger partial charge < -0.3 is 14.9 Å². The van der Waals surface area contributed by atoms with E-state index in [1.807, 2.05) is 4.98 Å². The highest BCUT2D eigenvalue weighted by Gasteiger charge is 2.25. The first-order valence-corrected chi connectivity index (χ1v) is 6.53. The van der Waals surface area contributed by atoms with Crippen molar-refractivity contribution in [2.24, 2.45) is 0 Å². The number of hydrogen-bond donors (Lipinski definition) is 3. The fourth-order valence-corrected chi connectivity index (χ4v) is 1.60. The lowest BCUT2D eigenvalue weighted by atomic mass is 10.1. The molecule has 1 aromatic rings. The minimum atomic E-state index is -2.20. The van der Waals surface area contributed by atoms with Crippen molar-refractivity contribution in [2.75, 3.05) is 6.61 Å². The van der Waals surface area contributed by atoms with Crippen molar-refractivity contribution in [1.82, 2.24) is 9.55 Å². The molecule has 0 radical (unpaired) electrons. The molecule has 124 valence electrons. The van der Waals surface area contributed by atoms with Crippen LogP contribution in [0.15, 0.2) is 15.8 Å². The molecule has 1 heterocycles. The van der Waals surface area contributed by atoms with Crippen LogP contribution in [-0.4, -0.2) is 44.0 Å². The number of halogens is 1. The van der Waals surface area contributed by atoms with E-state index in [9.17, 15) is 29.0 Å². The maximum atomic E-state index is 14.1. The van der Waals surface area contributed by atoms with Crippen molar-refractivity contribution in [3.63, 3.8) is 0 Å². The third-order valence-electron chi connectivity index (χ3n) is 2.75. The zero-order chi connectivity index (χ0) is 17.1. The molecule has 2 atom stereocenters. The molecule has 0 amide bonds. The molecule has 0 aliphatic heterocycles. The Morgan fingerprint density at radius 3 is 2.64 bits per heavy atom. The van der Waals surface area contributed by atoms with Crippen molar-refractivity contribution in [2.45, 2.75) is 45.4 Å². The van der Waals surface area contributed by atoms with Crippen LogP contribution in [-0.2, 0) is 9.53 Å². The fourth-order valence-electron chi connectivity index (χ4n) is 1.60. The number of hydrogen-bond acceptors (Lipinski definition) is 6. The van der Waals surface area contributed by atoms with Crippen LogP contribution in [0, 0.1) is 6.92 Å². The van der Waals surface area contributed by atoms with E-state index in [1.54, 1.807) is 0 Å². The van der Waals surface area contributed by atoms with Crippen molar-refractivity contribution >= 4 is 5.78 Å². The van der Waals surface area contributed by atoms with E-state index in [-0.39, 0.29) is 5.56 Å². The number of H-pyrrole nitrogens is 1. The molecule has 2 unspecified atom stereocenters. The van der Waals surface area contributed by atoms with Gasteiger partial charge in [0.05, 0.1) is 0 Å². The third-order valence-corrected chi connectivity index (χ3v) is 2.75. The Labute approximate surface area is 125 Å². The first-order valence-electron chi connectivity index (χ1n) is 6.53. The number of ether oxygens (including phenoxy) is 1. The van der Waals surface area contributed by atoms with E-state index in [4.69, 9.17) is 4.74 Å². The third kappa shape index (κ3) is 5.17. The number of aliphatic hydroxyl groups excluding tert-OH is 1. The highest BCUT2D eigenvalue weighted by molar-refractivity contribution is 5.80. The number of nitrogens with one attached hydrogen (secondary N) is 1. The number of carbonyl (C=O) groups is 1. The predicted octanol–water partition coefficient (Wildman–Crippen LogP) is -0.622. The van der Waals surface area contributed by atoms with Gasteiger partial charge in [0, 0.05) is 18.2 Å². The molecule has 0 bridgehead atoms. The van der Waals surface area contributed by atoms with E-state index < -0.39 is 48.2 Å². The molecule has 0 aromatic carbocycles. The topological polar surface area (TPSA) is 122 Å². The molecule has 22 heavy (non-hydrogen) atoms. The van der Waals surface area contributed by atoms with E-state index in [2.05, 4.69) is 0 Å². The number of aromatic nitrogens is 2. The lowest BCUT2D eigenvalue weighted by Gasteiger charge is -2.20. The zero-order valence-electron chi connectivity index (χ0n) is 12.5. The van der Waals surface area contributed by atoms with Crippen LogP contribution in [0.5, 0.6) is 0 Å². The minimum absolute atomic E-state index is 0.0890. The summed E-state index contributed by atoms with van der Waals surface area (Å²) in [6.45, 7) is 3.50. The molecule has 3 N–H and O–H groups in total. The van der Waals surface area contributed by atoms with Crippen LogP contribution >= 0.6 is 0 Å². The van der Waals surface area contributed by atoms with E-state index in [1.165, 1.54) is 20.8 Å². The summed E-state index contributed by atoms with van der Waals surface area (Å²) >= 11 is 0. The predicted molar refractivity (Wildman–Crippen MR) is 74.1 cm³/mol. The minimum Gasteiger partial charge on any atom is -0.388 e. The number of Topliss-reactive ketones (excluding diaryl/α,β-unsaturated/α-hetero) is 1. The van der Waals surface area contributed by atoms with Gasteiger partial charge in [0.2, 0.25) is 6.30 Å². The number of alkyl halides is 1. The van der Waals surface area contributed by atoms with Gasteiger partial charge in [-0.25, -0.2) is 9.18 Å². The molecule has 0 aliphatic rings. The van der Waals surface area contributed by atoms with Crippen LogP contribution in [0.4, 0.5) is 4.39 Å². The molecule has 1 aromatic heterocycles. The summed E-state index contributed by atoms with van der Waals surface area (Å²) < 4.78 is 19.4. The second-order valence-corrected chi connectivity index (χ2v) is 5.40. The summed E-state index contributed by atoms with van der Waals surface area (Å²) in [6.07, 6.45) is -3.63. The standard InChI is InChI=1S/C13H19FN2O6/c1-7-5-16(12(20)15-11(7)19)10(14)9(18)4-8(17)6-22-13(2,3)21/h5,9-10,18,21H,4,6H2,1-3H3,(H,15,19,20). The van der Waals surface area contributed by atoms with E-state index in [0.717, 1.165) is 6.20 Å². The number of rotatable bonds is 7. The molecule has 0 aliphatic carbocycles. The summed E-state index contributed by atoms with van der Waals surface area (Å²) in [5.41, 5.74) is -1.59. The Hall–Kier alpha value is -1.84. The first kappa shape index (κ1) is 18.2. The fraction of sp³-hybridized carbons (Fsp3) is 0.615. The summed E-state index contributed by atoms with van der Waals surface area (Å²) in [5.74, 6) is -2.17. The summed E-state index contributed by atoms with van der Waals surface area (Å²) in [7, 11) is 0. The van der Waals surface area contributed by atoms with Crippen LogP contribution in [0.25, 0.3) is 0 Å². The number of aliphatic hydroxyl groups is 2. The van der Waals surface area contributed by atoms with E-state index >= 15 is 0 Å². The van der Waals surface area contributed by atoms with Crippen molar-refractivity contribution in [3.8, 4) is 0 Å². The molecule has 0 spiro atoms. The van der Waals surface area contributed by atoms with Gasteiger partial charge in [0.15, 0.2) is 11.6 Å². The highest BCUT2D eigenvalue weighted by Crippen LogP contribution is 2.15. The van der Waals surface area contributed by atoms with Gasteiger partial charge in [-0.1, -0.05) is 0 Å². The lowest BCUT2D eigenvalue weighted by molar-refractivity contribution is -0.181. The summed E-state index contributed by atoms with van der Waals surface area (Å²) in [5, 5.41) is 19.0. The molecule has 0 fully saturated rings. The van der Waals surface area contributed by atoms with Crippen molar-refractivity contribution in [3.05, 3.63) is 32.6 Å². The molecule has 1 rings (SSSR count). The summed E-state index contributed by atoms with van der Waals surface area (Å²) in [4.78, 5) is 36.1. The molecule has 8 nitrogen and oxygen atoms in total. The number of ketones is 1. The maximum absolute atomic E-state index is 14.1. The van der Waals surface area contributed by atoms with Crippen LogP contribution in [0.3, 0.4) is 0 Å². The molecule has 0 saturated heterocycles. The van der Waals surface area contributed by atoms with Crippen LogP contribution in [0.1, 0.15) is 32.1 Å². The Morgan fingerprint density at radius 1 is 1.50 bits per heavy atom. The van der Waals surface area contributed by atoms with Gasteiger partial charge in [-0.05, 0) is 20.8 Å². The zero-order valence-corrected chi connectivity index (χ0v) is 12.5. The lowest BCUT2D eigenvalue weighted by Crippen LogP contribution is -2.37. The van der Waals surface area contributed by atoms with Crippen LogP contribution in [0.2, 0.25) is 0 Å². The van der Waals surface area contributed by atoms with Crippen molar-refractivity contribution in [1.29, 1.82) is 0 Å². The second kappa shape index (κ2) is 6.95. The Kier molecular flexibility index (Phi) is 5.75. The molecular weight excluding hydrogens is 299 g/mol. The normalized spacial score (nSPS) is 14.6. The van der Waals surface area contributed by atoms with Gasteiger partial charge in [0.1, 0.15) is 12.7 Å². The number of nitrogens with zero attached hydrogens (tertiary/aromatic N) is 1. The average molecular weight is 318 g/mol. The average Bonchev–Trinajstić information content (AvgIpc) is 2.39. The maximum Gasteiger partial charge on any atom is 0.330 e.